The number of aryl methyl sites for hydroxylation is 1. The molecule has 1 heterocycles. The van der Waals surface area contributed by atoms with Crippen molar-refractivity contribution in [3.63, 3.8) is 0 Å². The maximum absolute atomic E-state index is 8.74. The molecule has 15 heavy (non-hydrogen) atoms. The SMILES string of the molecule is Cn1nnnc1Sc1cccc(C#N)c1. The lowest BCUT2D eigenvalue weighted by Crippen LogP contribution is -1.92. The molecule has 2 rings (SSSR count). The summed E-state index contributed by atoms with van der Waals surface area (Å²) in [4.78, 5) is 0.951. The number of rotatable bonds is 2. The van der Waals surface area contributed by atoms with Crippen LogP contribution < -0.4 is 0 Å². The molecule has 0 fully saturated rings. The van der Waals surface area contributed by atoms with E-state index in [1.165, 1.54) is 11.8 Å². The molecule has 0 N–H and O–H groups in total. The topological polar surface area (TPSA) is 67.4 Å². The molecular weight excluding hydrogens is 210 g/mol. The molecule has 74 valence electrons. The second kappa shape index (κ2) is 4.11. The second-order valence-corrected chi connectivity index (χ2v) is 3.87. The molecule has 0 spiro atoms. The molecule has 0 saturated carbocycles. The summed E-state index contributed by atoms with van der Waals surface area (Å²) >= 11 is 1.43. The summed E-state index contributed by atoms with van der Waals surface area (Å²) in [5.74, 6) is 0. The predicted molar refractivity (Wildman–Crippen MR) is 54.1 cm³/mol. The number of nitrogens with zero attached hydrogens (tertiary/aromatic N) is 5. The molecule has 2 aromatic rings. The highest BCUT2D eigenvalue weighted by molar-refractivity contribution is 7.99. The van der Waals surface area contributed by atoms with Gasteiger partial charge in [0.1, 0.15) is 0 Å². The quantitative estimate of drug-likeness (QED) is 0.756. The Kier molecular flexibility index (Phi) is 2.65. The summed E-state index contributed by atoms with van der Waals surface area (Å²) in [5, 5.41) is 20.5. The van der Waals surface area contributed by atoms with Gasteiger partial charge in [-0.3, -0.25) is 0 Å². The maximum Gasteiger partial charge on any atom is 0.213 e. The standard InChI is InChI=1S/C9H7N5S/c1-14-9(11-12-13-14)15-8-4-2-3-7(5-8)6-10/h2-5H,1H3. The van der Waals surface area contributed by atoms with Crippen LogP contribution in [-0.4, -0.2) is 20.2 Å². The number of tetrazole rings is 1. The summed E-state index contributed by atoms with van der Waals surface area (Å²) in [6.45, 7) is 0. The van der Waals surface area contributed by atoms with E-state index in [0.29, 0.717) is 10.7 Å². The van der Waals surface area contributed by atoms with E-state index in [-0.39, 0.29) is 0 Å². The monoisotopic (exact) mass is 217 g/mol. The number of hydrogen-bond acceptors (Lipinski definition) is 5. The fourth-order valence-corrected chi connectivity index (χ4v) is 1.83. The molecule has 0 radical (unpaired) electrons. The molecule has 0 unspecified atom stereocenters. The molecule has 0 atom stereocenters. The van der Waals surface area contributed by atoms with Crippen molar-refractivity contribution in [3.05, 3.63) is 29.8 Å². The molecule has 1 aromatic heterocycles. The van der Waals surface area contributed by atoms with Gasteiger partial charge in [0, 0.05) is 11.9 Å². The third-order valence-corrected chi connectivity index (χ3v) is 2.77. The van der Waals surface area contributed by atoms with Gasteiger partial charge in [-0.15, -0.1) is 5.10 Å². The van der Waals surface area contributed by atoms with E-state index >= 15 is 0 Å². The molecule has 0 aliphatic heterocycles. The number of nitriles is 1. The van der Waals surface area contributed by atoms with Crippen LogP contribution in [0.2, 0.25) is 0 Å². The fourth-order valence-electron chi connectivity index (χ4n) is 1.04. The third-order valence-electron chi connectivity index (χ3n) is 1.75. The van der Waals surface area contributed by atoms with E-state index in [1.807, 2.05) is 12.1 Å². The largest absolute Gasteiger partial charge is 0.223 e. The second-order valence-electron chi connectivity index (χ2n) is 2.83. The van der Waals surface area contributed by atoms with Crippen molar-refractivity contribution < 1.29 is 0 Å². The van der Waals surface area contributed by atoms with E-state index < -0.39 is 0 Å². The normalized spacial score (nSPS) is 9.87. The van der Waals surface area contributed by atoms with Crippen LogP contribution in [0.5, 0.6) is 0 Å². The Hall–Kier alpha value is -1.87. The Balaban J connectivity index is 2.25. The lowest BCUT2D eigenvalue weighted by atomic mass is 10.2. The molecular formula is C9H7N5S. The lowest BCUT2D eigenvalue weighted by Gasteiger charge is -1.98. The van der Waals surface area contributed by atoms with E-state index in [4.69, 9.17) is 5.26 Å². The first-order valence-corrected chi connectivity index (χ1v) is 5.01. The maximum atomic E-state index is 8.74. The molecule has 6 heteroatoms. The smallest absolute Gasteiger partial charge is 0.213 e. The van der Waals surface area contributed by atoms with E-state index in [0.717, 1.165) is 4.90 Å². The van der Waals surface area contributed by atoms with Gasteiger partial charge in [-0.1, -0.05) is 6.07 Å². The van der Waals surface area contributed by atoms with Crippen LogP contribution >= 0.6 is 11.8 Å². The van der Waals surface area contributed by atoms with Crippen molar-refractivity contribution in [1.82, 2.24) is 20.2 Å². The van der Waals surface area contributed by atoms with Crippen LogP contribution in [-0.2, 0) is 7.05 Å². The van der Waals surface area contributed by atoms with Gasteiger partial charge in [-0.25, -0.2) is 4.68 Å². The van der Waals surface area contributed by atoms with E-state index in [2.05, 4.69) is 21.6 Å². The van der Waals surface area contributed by atoms with Gasteiger partial charge in [0.2, 0.25) is 5.16 Å². The predicted octanol–water partition coefficient (Wildman–Crippen LogP) is 1.23. The molecule has 0 amide bonds. The zero-order valence-electron chi connectivity index (χ0n) is 7.95. The fraction of sp³-hybridized carbons (Fsp3) is 0.111. The minimum atomic E-state index is 0.634. The average Bonchev–Trinajstić information content (AvgIpc) is 2.65. The zero-order valence-corrected chi connectivity index (χ0v) is 8.77. The van der Waals surface area contributed by atoms with Crippen LogP contribution in [0.15, 0.2) is 34.3 Å². The van der Waals surface area contributed by atoms with Crippen molar-refractivity contribution in [2.75, 3.05) is 0 Å². The highest BCUT2D eigenvalue weighted by Gasteiger charge is 2.04. The summed E-state index contributed by atoms with van der Waals surface area (Å²) in [6, 6.07) is 9.41. The van der Waals surface area contributed by atoms with Gasteiger partial charge in [0.15, 0.2) is 0 Å². The van der Waals surface area contributed by atoms with Gasteiger partial charge < -0.3 is 0 Å². The summed E-state index contributed by atoms with van der Waals surface area (Å²) in [6.07, 6.45) is 0. The molecule has 0 aliphatic carbocycles. The van der Waals surface area contributed by atoms with Crippen LogP contribution in [0.1, 0.15) is 5.56 Å². The molecule has 5 nitrogen and oxygen atoms in total. The average molecular weight is 217 g/mol. The first-order chi connectivity index (χ1) is 7.29. The van der Waals surface area contributed by atoms with Gasteiger partial charge >= 0.3 is 0 Å². The number of benzene rings is 1. The zero-order chi connectivity index (χ0) is 10.7. The van der Waals surface area contributed by atoms with E-state index in [9.17, 15) is 0 Å². The minimum absolute atomic E-state index is 0.634. The van der Waals surface area contributed by atoms with Crippen molar-refractivity contribution in [3.8, 4) is 6.07 Å². The summed E-state index contributed by atoms with van der Waals surface area (Å²) in [5.41, 5.74) is 0.634. The van der Waals surface area contributed by atoms with Crippen LogP contribution in [0, 0.1) is 11.3 Å². The van der Waals surface area contributed by atoms with Crippen LogP contribution in [0.25, 0.3) is 0 Å². The summed E-state index contributed by atoms with van der Waals surface area (Å²) < 4.78 is 1.59. The Morgan fingerprint density at radius 2 is 2.33 bits per heavy atom. The van der Waals surface area contributed by atoms with Crippen molar-refractivity contribution in [2.24, 2.45) is 7.05 Å². The Morgan fingerprint density at radius 1 is 1.47 bits per heavy atom. The molecule has 1 aromatic carbocycles. The first-order valence-electron chi connectivity index (χ1n) is 4.20. The Bertz CT molecular complexity index is 513. The number of aromatic nitrogens is 4. The Labute approximate surface area is 90.7 Å². The first kappa shape index (κ1) is 9.68. The Morgan fingerprint density at radius 3 is 3.00 bits per heavy atom. The number of hydrogen-bond donors (Lipinski definition) is 0. The highest BCUT2D eigenvalue weighted by Crippen LogP contribution is 2.24. The molecule has 0 bridgehead atoms. The van der Waals surface area contributed by atoms with Gasteiger partial charge in [-0.2, -0.15) is 5.26 Å². The van der Waals surface area contributed by atoms with E-state index in [1.54, 1.807) is 23.9 Å². The van der Waals surface area contributed by atoms with Crippen molar-refractivity contribution in [1.29, 1.82) is 5.26 Å². The molecule has 0 aliphatic rings. The van der Waals surface area contributed by atoms with Crippen molar-refractivity contribution >= 4 is 11.8 Å². The third kappa shape index (κ3) is 2.14. The van der Waals surface area contributed by atoms with Gasteiger partial charge in [0.05, 0.1) is 11.6 Å². The van der Waals surface area contributed by atoms with Crippen molar-refractivity contribution in [2.45, 2.75) is 10.1 Å². The summed E-state index contributed by atoms with van der Waals surface area (Å²) in [7, 11) is 1.77. The van der Waals surface area contributed by atoms with Crippen LogP contribution in [0.3, 0.4) is 0 Å². The molecule has 0 saturated heterocycles. The minimum Gasteiger partial charge on any atom is -0.223 e. The highest BCUT2D eigenvalue weighted by atomic mass is 32.2. The van der Waals surface area contributed by atoms with Gasteiger partial charge in [-0.05, 0) is 40.4 Å². The van der Waals surface area contributed by atoms with Gasteiger partial charge in [0.25, 0.3) is 0 Å². The van der Waals surface area contributed by atoms with Crippen LogP contribution in [0.4, 0.5) is 0 Å². The lowest BCUT2D eigenvalue weighted by molar-refractivity contribution is 0.664.